The molecular formula is C35H35N5O5. The molecule has 4 aliphatic heterocycles. The molecule has 7 rings (SSSR count). The number of rotatable bonds is 6. The molecule has 4 heterocycles. The summed E-state index contributed by atoms with van der Waals surface area (Å²) < 4.78 is 0. The highest BCUT2D eigenvalue weighted by molar-refractivity contribution is 6.26. The molecule has 4 atom stereocenters. The van der Waals surface area contributed by atoms with E-state index in [1.165, 1.54) is 16.7 Å². The molecule has 5 amide bonds. The van der Waals surface area contributed by atoms with E-state index in [1.807, 2.05) is 56.3 Å². The molecule has 3 aromatic rings. The molecule has 4 unspecified atom stereocenters. The van der Waals surface area contributed by atoms with Gasteiger partial charge in [0, 0.05) is 42.1 Å². The summed E-state index contributed by atoms with van der Waals surface area (Å²) in [5.74, 6) is -3.23. The van der Waals surface area contributed by atoms with Crippen LogP contribution in [0.25, 0.3) is 0 Å². The number of amides is 5. The molecule has 2 N–H and O–H groups in total. The van der Waals surface area contributed by atoms with Gasteiger partial charge in [-0.05, 0) is 60.7 Å². The van der Waals surface area contributed by atoms with Gasteiger partial charge in [-0.15, -0.1) is 0 Å². The number of benzene rings is 3. The van der Waals surface area contributed by atoms with E-state index < -0.39 is 35.2 Å². The van der Waals surface area contributed by atoms with E-state index in [0.717, 1.165) is 17.7 Å². The second-order valence-corrected chi connectivity index (χ2v) is 12.8. The van der Waals surface area contributed by atoms with E-state index in [1.54, 1.807) is 35.2 Å². The third kappa shape index (κ3) is 4.38. The molecule has 45 heavy (non-hydrogen) atoms. The van der Waals surface area contributed by atoms with Gasteiger partial charge in [-0.25, -0.2) is 4.90 Å². The van der Waals surface area contributed by atoms with E-state index in [2.05, 4.69) is 10.6 Å². The fraction of sp³-hybridized carbons (Fsp3) is 0.343. The van der Waals surface area contributed by atoms with Crippen LogP contribution in [-0.4, -0.2) is 48.7 Å². The number of carbonyl (C=O) groups excluding carboxylic acids is 5. The van der Waals surface area contributed by atoms with Crippen molar-refractivity contribution in [3.05, 3.63) is 83.9 Å². The van der Waals surface area contributed by atoms with Crippen molar-refractivity contribution in [3.63, 3.8) is 0 Å². The molecule has 1 spiro atoms. The predicted molar refractivity (Wildman–Crippen MR) is 170 cm³/mol. The van der Waals surface area contributed by atoms with Gasteiger partial charge in [0.05, 0.1) is 17.5 Å². The monoisotopic (exact) mass is 605 g/mol. The Morgan fingerprint density at radius 2 is 1.62 bits per heavy atom. The Kier molecular flexibility index (Phi) is 6.85. The molecule has 0 aromatic heterocycles. The van der Waals surface area contributed by atoms with Gasteiger partial charge >= 0.3 is 0 Å². The molecule has 0 aliphatic carbocycles. The third-order valence-electron chi connectivity index (χ3n) is 9.52. The Balaban J connectivity index is 1.27. The van der Waals surface area contributed by atoms with Crippen molar-refractivity contribution in [2.24, 2.45) is 17.8 Å². The lowest BCUT2D eigenvalue weighted by Crippen LogP contribution is -2.56. The van der Waals surface area contributed by atoms with Gasteiger partial charge in [0.1, 0.15) is 12.1 Å². The van der Waals surface area contributed by atoms with E-state index in [0.29, 0.717) is 35.6 Å². The highest BCUT2D eigenvalue weighted by atomic mass is 16.2. The Bertz CT molecular complexity index is 1750. The standard InChI is InChI=1S/C35H35N5O5/c1-20(2)18-26-30-31(33(44)40(32(30)43)24-14-12-23(13-15-24)36-21(3)41)35(37-26)25-9-5-7-11-28(25)39(34(35)45)19-29(42)38-17-16-22-8-4-6-10-27(22)38/h4-15,20,26,30-31,37H,16-19H2,1-3H3,(H,36,41). The fourth-order valence-electron chi connectivity index (χ4n) is 7.78. The summed E-state index contributed by atoms with van der Waals surface area (Å²) >= 11 is 0. The van der Waals surface area contributed by atoms with Crippen molar-refractivity contribution in [2.45, 2.75) is 45.2 Å². The average molecular weight is 606 g/mol. The minimum atomic E-state index is -1.50. The third-order valence-corrected chi connectivity index (χ3v) is 9.52. The minimum absolute atomic E-state index is 0.184. The van der Waals surface area contributed by atoms with E-state index >= 15 is 0 Å². The maximum Gasteiger partial charge on any atom is 0.253 e. The van der Waals surface area contributed by atoms with Gasteiger partial charge in [-0.2, -0.15) is 0 Å². The van der Waals surface area contributed by atoms with Crippen LogP contribution in [0.2, 0.25) is 0 Å². The van der Waals surface area contributed by atoms with Crippen molar-refractivity contribution < 1.29 is 24.0 Å². The Morgan fingerprint density at radius 1 is 0.933 bits per heavy atom. The molecule has 10 heteroatoms. The van der Waals surface area contributed by atoms with E-state index in [4.69, 9.17) is 0 Å². The summed E-state index contributed by atoms with van der Waals surface area (Å²) in [4.78, 5) is 73.1. The second-order valence-electron chi connectivity index (χ2n) is 12.8. The molecule has 4 aliphatic rings. The number of hydrogen-bond donors (Lipinski definition) is 2. The van der Waals surface area contributed by atoms with Crippen molar-refractivity contribution in [1.82, 2.24) is 5.32 Å². The molecule has 230 valence electrons. The second kappa shape index (κ2) is 10.7. The first kappa shape index (κ1) is 28.9. The number of para-hydroxylation sites is 2. The van der Waals surface area contributed by atoms with Crippen LogP contribution in [0.1, 0.15) is 38.3 Å². The zero-order valence-corrected chi connectivity index (χ0v) is 25.4. The zero-order chi connectivity index (χ0) is 31.6. The van der Waals surface area contributed by atoms with Gasteiger partial charge in [0.25, 0.3) is 5.91 Å². The lowest BCUT2D eigenvalue weighted by atomic mass is 9.76. The quantitative estimate of drug-likeness (QED) is 0.415. The van der Waals surface area contributed by atoms with Crippen LogP contribution < -0.4 is 25.3 Å². The summed E-state index contributed by atoms with van der Waals surface area (Å²) in [6, 6.07) is 21.1. The SMILES string of the molecule is CC(=O)Nc1ccc(N2C(=O)C3C(CC(C)C)NC4(C(=O)N(CC(=O)N5CCc6ccccc65)c5ccccc54)C3C2=O)cc1. The van der Waals surface area contributed by atoms with Crippen molar-refractivity contribution in [1.29, 1.82) is 0 Å². The van der Waals surface area contributed by atoms with Crippen LogP contribution in [0, 0.1) is 17.8 Å². The molecule has 2 fully saturated rings. The Labute approximate surface area is 261 Å². The Hall–Kier alpha value is -4.83. The normalized spacial score (nSPS) is 24.9. The lowest BCUT2D eigenvalue weighted by molar-refractivity contribution is -0.132. The maximum absolute atomic E-state index is 14.8. The molecule has 10 nitrogen and oxygen atoms in total. The molecule has 3 aromatic carbocycles. The summed E-state index contributed by atoms with van der Waals surface area (Å²) in [6.07, 6.45) is 1.33. The number of anilines is 4. The van der Waals surface area contributed by atoms with Crippen LogP contribution in [-0.2, 0) is 35.9 Å². The lowest BCUT2D eigenvalue weighted by Gasteiger charge is -2.31. The maximum atomic E-state index is 14.8. The molecule has 0 saturated carbocycles. The topological polar surface area (TPSA) is 119 Å². The molecule has 0 radical (unpaired) electrons. The van der Waals surface area contributed by atoms with Gasteiger partial charge in [-0.3, -0.25) is 29.3 Å². The van der Waals surface area contributed by atoms with Crippen molar-refractivity contribution in [3.8, 4) is 0 Å². The summed E-state index contributed by atoms with van der Waals surface area (Å²) in [6.45, 7) is 5.85. The van der Waals surface area contributed by atoms with Gasteiger partial charge in [0.2, 0.25) is 23.6 Å². The zero-order valence-electron chi connectivity index (χ0n) is 25.4. The van der Waals surface area contributed by atoms with Crippen LogP contribution in [0.5, 0.6) is 0 Å². The largest absolute Gasteiger partial charge is 0.326 e. The highest BCUT2D eigenvalue weighted by Crippen LogP contribution is 2.56. The number of nitrogens with zero attached hydrogens (tertiary/aromatic N) is 3. The van der Waals surface area contributed by atoms with Crippen LogP contribution in [0.3, 0.4) is 0 Å². The summed E-state index contributed by atoms with van der Waals surface area (Å²) in [5.41, 5.74) is 2.54. The van der Waals surface area contributed by atoms with Crippen LogP contribution in [0.15, 0.2) is 72.8 Å². The Morgan fingerprint density at radius 3 is 2.33 bits per heavy atom. The highest BCUT2D eigenvalue weighted by Gasteiger charge is 2.71. The number of imide groups is 1. The molecule has 2 saturated heterocycles. The summed E-state index contributed by atoms with van der Waals surface area (Å²) in [7, 11) is 0. The number of fused-ring (bicyclic) bond motifs is 5. The fourth-order valence-corrected chi connectivity index (χ4v) is 7.78. The van der Waals surface area contributed by atoms with E-state index in [9.17, 15) is 24.0 Å². The first-order valence-corrected chi connectivity index (χ1v) is 15.4. The first-order chi connectivity index (χ1) is 21.6. The minimum Gasteiger partial charge on any atom is -0.326 e. The van der Waals surface area contributed by atoms with Gasteiger partial charge in [0.15, 0.2) is 0 Å². The van der Waals surface area contributed by atoms with Crippen molar-refractivity contribution >= 4 is 52.3 Å². The van der Waals surface area contributed by atoms with Crippen LogP contribution >= 0.6 is 0 Å². The van der Waals surface area contributed by atoms with Crippen LogP contribution in [0.4, 0.5) is 22.7 Å². The first-order valence-electron chi connectivity index (χ1n) is 15.4. The number of nitrogens with one attached hydrogen (secondary N) is 2. The summed E-state index contributed by atoms with van der Waals surface area (Å²) in [5, 5.41) is 6.22. The number of carbonyl (C=O) groups is 5. The smallest absolute Gasteiger partial charge is 0.253 e. The molecular weight excluding hydrogens is 570 g/mol. The molecule has 0 bridgehead atoms. The van der Waals surface area contributed by atoms with Gasteiger partial charge in [-0.1, -0.05) is 50.2 Å². The van der Waals surface area contributed by atoms with E-state index in [-0.39, 0.29) is 30.2 Å². The average Bonchev–Trinajstić information content (AvgIpc) is 3.72. The van der Waals surface area contributed by atoms with Gasteiger partial charge < -0.3 is 15.1 Å². The predicted octanol–water partition coefficient (Wildman–Crippen LogP) is 3.60. The number of hydrogen-bond acceptors (Lipinski definition) is 6. The van der Waals surface area contributed by atoms with Crippen molar-refractivity contribution in [2.75, 3.05) is 33.1 Å².